The van der Waals surface area contributed by atoms with Crippen molar-refractivity contribution in [3.8, 4) is 23.0 Å². The monoisotopic (exact) mass is 686 g/mol. The number of pyridine rings is 2. The van der Waals surface area contributed by atoms with Gasteiger partial charge in [0.05, 0.1) is 33.5 Å². The Morgan fingerprint density at radius 3 is 2.29 bits per heavy atom. The first-order valence-corrected chi connectivity index (χ1v) is 16.2. The van der Waals surface area contributed by atoms with Gasteiger partial charge in [0.1, 0.15) is 29.4 Å². The van der Waals surface area contributed by atoms with Gasteiger partial charge in [-0.05, 0) is 30.0 Å². The van der Waals surface area contributed by atoms with Gasteiger partial charge in [-0.3, -0.25) is 14.2 Å². The molecule has 0 saturated carbocycles. The third kappa shape index (κ3) is 6.82. The lowest BCUT2D eigenvalue weighted by atomic mass is 10.00. The average Bonchev–Trinajstić information content (AvgIpc) is 3.07. The molecule has 0 unspecified atom stereocenters. The molecule has 1 N–H and O–H groups in total. The van der Waals surface area contributed by atoms with Crippen molar-refractivity contribution < 1.29 is 19.1 Å². The molecule has 0 spiro atoms. The van der Waals surface area contributed by atoms with E-state index in [4.69, 9.17) is 21.7 Å². The van der Waals surface area contributed by atoms with Gasteiger partial charge >= 0.3 is 6.09 Å². The maximum atomic E-state index is 15.1. The van der Waals surface area contributed by atoms with Crippen LogP contribution in [-0.2, 0) is 4.79 Å². The molecule has 0 bridgehead atoms. The second-order valence-corrected chi connectivity index (χ2v) is 12.7. The van der Waals surface area contributed by atoms with Crippen LogP contribution in [0.3, 0.4) is 0 Å². The van der Waals surface area contributed by atoms with E-state index in [1.165, 1.54) is 36.2 Å². The number of likely N-dealkylation sites (N-methyl/N-ethyl adjacent to an activating group) is 1. The molecule has 3 aromatic heterocycles. The summed E-state index contributed by atoms with van der Waals surface area (Å²) in [7, 11) is 1.40. The third-order valence-electron chi connectivity index (χ3n) is 8.39. The fourth-order valence-electron chi connectivity index (χ4n) is 5.87. The first kappa shape index (κ1) is 35.0. The van der Waals surface area contributed by atoms with Crippen LogP contribution in [0.25, 0.3) is 28.0 Å². The molecule has 14 heteroatoms. The van der Waals surface area contributed by atoms with Crippen molar-refractivity contribution in [2.75, 3.05) is 44.7 Å². The van der Waals surface area contributed by atoms with Crippen LogP contribution in [-0.4, -0.2) is 86.2 Å². The third-order valence-corrected chi connectivity index (χ3v) is 8.68. The van der Waals surface area contributed by atoms with Gasteiger partial charge in [0.25, 0.3) is 5.56 Å². The minimum Gasteiger partial charge on any atom is -0.465 e. The number of hydrogen-bond acceptors (Lipinski definition) is 8. The Hall–Kier alpha value is -5.35. The predicted molar refractivity (Wildman–Crippen MR) is 185 cm³/mol. The zero-order valence-corrected chi connectivity index (χ0v) is 28.6. The number of halogens is 2. The van der Waals surface area contributed by atoms with Gasteiger partial charge in [0.15, 0.2) is 0 Å². The maximum Gasteiger partial charge on any atom is 0.407 e. The molecule has 4 aromatic rings. The summed E-state index contributed by atoms with van der Waals surface area (Å²) in [5.41, 5.74) is 1.53. The molecular weight excluding hydrogens is 651 g/mol. The van der Waals surface area contributed by atoms with Crippen LogP contribution in [0.15, 0.2) is 53.6 Å². The predicted octanol–water partition coefficient (Wildman–Crippen LogP) is 5.57. The van der Waals surface area contributed by atoms with Crippen LogP contribution in [0.5, 0.6) is 0 Å². The van der Waals surface area contributed by atoms with Crippen LogP contribution in [0, 0.1) is 17.1 Å². The lowest BCUT2D eigenvalue weighted by molar-refractivity contribution is -0.126. The van der Waals surface area contributed by atoms with E-state index < -0.39 is 17.5 Å². The van der Waals surface area contributed by atoms with Gasteiger partial charge < -0.3 is 19.8 Å². The summed E-state index contributed by atoms with van der Waals surface area (Å²) in [6.07, 6.45) is 3.16. The molecule has 5 rings (SSSR count). The SMILES string of the molecule is CC(C)c1ncnc(C(C)C)c1-n1c(=O)c(C#N)c(N2CCN(C(=O)C=CCN(C)C(=O)O)CC2)c2cc(Cl)c(-c3ccccc3F)nc21. The normalized spacial score (nSPS) is 13.5. The topological polar surface area (TPSA) is 149 Å². The number of rotatable bonds is 8. The molecule has 0 aliphatic carbocycles. The molecule has 254 valence electrons. The fourth-order valence-corrected chi connectivity index (χ4v) is 6.13. The number of nitriles is 1. The van der Waals surface area contributed by atoms with Gasteiger partial charge in [0, 0.05) is 56.8 Å². The number of anilines is 1. The van der Waals surface area contributed by atoms with Gasteiger partial charge in [-0.25, -0.2) is 24.1 Å². The van der Waals surface area contributed by atoms with Crippen molar-refractivity contribution >= 4 is 40.3 Å². The highest BCUT2D eigenvalue weighted by Crippen LogP contribution is 2.38. The Balaban J connectivity index is 1.71. The number of hydrogen-bond donors (Lipinski definition) is 1. The molecule has 1 fully saturated rings. The van der Waals surface area contributed by atoms with E-state index in [-0.39, 0.29) is 78.0 Å². The summed E-state index contributed by atoms with van der Waals surface area (Å²) < 4.78 is 16.5. The number of amides is 2. The zero-order chi connectivity index (χ0) is 35.6. The van der Waals surface area contributed by atoms with Crippen molar-refractivity contribution in [3.05, 3.63) is 87.0 Å². The van der Waals surface area contributed by atoms with Gasteiger partial charge in [-0.1, -0.05) is 57.5 Å². The lowest BCUT2D eigenvalue weighted by Crippen LogP contribution is -2.49. The molecule has 1 aliphatic heterocycles. The summed E-state index contributed by atoms with van der Waals surface area (Å²) in [4.78, 5) is 57.0. The summed E-state index contributed by atoms with van der Waals surface area (Å²) in [6.45, 7) is 8.91. The molecule has 0 radical (unpaired) electrons. The number of benzene rings is 1. The smallest absolute Gasteiger partial charge is 0.407 e. The van der Waals surface area contributed by atoms with Gasteiger partial charge in [0.2, 0.25) is 5.91 Å². The fraction of sp³-hybridized carbons (Fsp3) is 0.343. The summed E-state index contributed by atoms with van der Waals surface area (Å²) in [5, 5.41) is 20.1. The Morgan fingerprint density at radius 2 is 1.71 bits per heavy atom. The number of aromatic nitrogens is 4. The van der Waals surface area contributed by atoms with Crippen LogP contribution in [0.2, 0.25) is 5.02 Å². The summed E-state index contributed by atoms with van der Waals surface area (Å²) in [6, 6.07) is 9.80. The highest BCUT2D eigenvalue weighted by molar-refractivity contribution is 6.34. The lowest BCUT2D eigenvalue weighted by Gasteiger charge is -2.36. The molecule has 1 aliphatic rings. The largest absolute Gasteiger partial charge is 0.465 e. The number of piperazine rings is 1. The average molecular weight is 687 g/mol. The van der Waals surface area contributed by atoms with E-state index in [2.05, 4.69) is 16.0 Å². The van der Waals surface area contributed by atoms with Crippen molar-refractivity contribution in [2.45, 2.75) is 39.5 Å². The Morgan fingerprint density at radius 1 is 1.08 bits per heavy atom. The second kappa shape index (κ2) is 14.4. The highest BCUT2D eigenvalue weighted by Gasteiger charge is 2.30. The first-order valence-electron chi connectivity index (χ1n) is 15.8. The number of carboxylic acid groups (broad SMARTS) is 1. The summed E-state index contributed by atoms with van der Waals surface area (Å²) >= 11 is 6.83. The quantitative estimate of drug-likeness (QED) is 0.235. The summed E-state index contributed by atoms with van der Waals surface area (Å²) in [5.74, 6) is -1.10. The number of carbonyl (C=O) groups excluding carboxylic acids is 1. The molecular formula is C35H36ClFN8O4. The molecule has 1 saturated heterocycles. The van der Waals surface area contributed by atoms with Crippen molar-refractivity contribution in [2.24, 2.45) is 0 Å². The molecule has 0 atom stereocenters. The number of fused-ring (bicyclic) bond motifs is 1. The Bertz CT molecular complexity index is 2040. The zero-order valence-electron chi connectivity index (χ0n) is 27.8. The maximum absolute atomic E-state index is 15.1. The van der Waals surface area contributed by atoms with E-state index in [0.29, 0.717) is 28.1 Å². The molecule has 12 nitrogen and oxygen atoms in total. The van der Waals surface area contributed by atoms with Crippen LogP contribution in [0.4, 0.5) is 14.9 Å². The van der Waals surface area contributed by atoms with Crippen LogP contribution >= 0.6 is 11.6 Å². The van der Waals surface area contributed by atoms with E-state index in [0.717, 1.165) is 4.90 Å². The van der Waals surface area contributed by atoms with E-state index >= 15 is 4.39 Å². The Labute approximate surface area is 287 Å². The van der Waals surface area contributed by atoms with Crippen LogP contribution < -0.4 is 10.5 Å². The van der Waals surface area contributed by atoms with Gasteiger partial charge in [-0.15, -0.1) is 0 Å². The van der Waals surface area contributed by atoms with E-state index in [1.807, 2.05) is 32.6 Å². The number of nitrogens with zero attached hydrogens (tertiary/aromatic N) is 8. The molecule has 1 aromatic carbocycles. The highest BCUT2D eigenvalue weighted by atomic mass is 35.5. The van der Waals surface area contributed by atoms with Crippen molar-refractivity contribution in [3.63, 3.8) is 0 Å². The van der Waals surface area contributed by atoms with E-state index in [1.54, 1.807) is 29.2 Å². The molecule has 2 amide bonds. The first-order chi connectivity index (χ1) is 23.3. The standard InChI is InChI=1S/C35H36ClFN8O4/c1-20(2)28-32(29(21(3)4)40-19-39-28)45-33-23(17-25(36)30(41-33)22-9-6-7-10-26(22)37)31(24(18-38)34(45)47)44-15-13-43(14-16-44)27(46)11-8-12-42(5)35(48)49/h6-11,17,19-21H,12-16H2,1-5H3,(H,48,49). The minimum absolute atomic E-state index is 0.0565. The second-order valence-electron chi connectivity index (χ2n) is 12.3. The van der Waals surface area contributed by atoms with Gasteiger partial charge in [-0.2, -0.15) is 5.26 Å². The Kier molecular flexibility index (Phi) is 10.3. The van der Waals surface area contributed by atoms with Crippen molar-refractivity contribution in [1.82, 2.24) is 29.3 Å². The minimum atomic E-state index is -1.11. The van der Waals surface area contributed by atoms with E-state index in [9.17, 15) is 19.6 Å². The molecule has 4 heterocycles. The number of carbonyl (C=O) groups is 2. The molecule has 49 heavy (non-hydrogen) atoms. The van der Waals surface area contributed by atoms with Crippen molar-refractivity contribution in [1.29, 1.82) is 5.26 Å². The van der Waals surface area contributed by atoms with Crippen LogP contribution in [0.1, 0.15) is 56.5 Å².